The Bertz CT molecular complexity index is 629. The first-order valence-corrected chi connectivity index (χ1v) is 6.11. The first-order chi connectivity index (χ1) is 9.20. The molecule has 0 spiro atoms. The van der Waals surface area contributed by atoms with Gasteiger partial charge in [-0.2, -0.15) is 22.8 Å². The Morgan fingerprint density at radius 3 is 2.35 bits per heavy atom. The van der Waals surface area contributed by atoms with Crippen LogP contribution in [0.3, 0.4) is 0 Å². The number of aryl methyl sites for hydroxylation is 1. The van der Waals surface area contributed by atoms with Gasteiger partial charge < -0.3 is 5.73 Å². The highest BCUT2D eigenvalue weighted by Gasteiger charge is 2.37. The number of nitrogens with zero attached hydrogens (tertiary/aromatic N) is 3. The van der Waals surface area contributed by atoms with Gasteiger partial charge in [-0.25, -0.2) is 0 Å². The van der Waals surface area contributed by atoms with E-state index in [0.29, 0.717) is 11.6 Å². The van der Waals surface area contributed by atoms with Crippen molar-refractivity contribution in [1.82, 2.24) is 14.8 Å². The third-order valence-corrected chi connectivity index (χ3v) is 3.00. The molecule has 0 saturated heterocycles. The van der Waals surface area contributed by atoms with Crippen LogP contribution >= 0.6 is 0 Å². The molecule has 2 aromatic rings. The highest BCUT2D eigenvalue weighted by molar-refractivity contribution is 5.46. The Labute approximate surface area is 114 Å². The van der Waals surface area contributed by atoms with Crippen molar-refractivity contribution in [3.8, 4) is 5.69 Å². The van der Waals surface area contributed by atoms with Crippen LogP contribution < -0.4 is 5.73 Å². The lowest BCUT2D eigenvalue weighted by molar-refractivity contribution is -0.144. The van der Waals surface area contributed by atoms with Crippen molar-refractivity contribution in [3.05, 3.63) is 35.2 Å². The van der Waals surface area contributed by atoms with Gasteiger partial charge in [0.15, 0.2) is 0 Å². The summed E-state index contributed by atoms with van der Waals surface area (Å²) >= 11 is 0. The quantitative estimate of drug-likeness (QED) is 0.920. The van der Waals surface area contributed by atoms with Crippen LogP contribution in [0, 0.1) is 6.92 Å². The smallest absolute Gasteiger partial charge is 0.368 e. The summed E-state index contributed by atoms with van der Waals surface area (Å²) in [5.41, 5.74) is 7.91. The standard InChI is InChI=1S/C13H15F3N4/c1-7(2)9-4-5-10(8(3)6-9)20-12(17)18-11(19-20)13(14,15)16/h4-7H,1-3H3,(H2,17,18,19). The summed E-state index contributed by atoms with van der Waals surface area (Å²) in [6.07, 6.45) is -4.61. The minimum atomic E-state index is -4.61. The van der Waals surface area contributed by atoms with Crippen LogP contribution in [0.2, 0.25) is 0 Å². The number of hydrogen-bond acceptors (Lipinski definition) is 3. The molecule has 0 aliphatic rings. The molecule has 0 saturated carbocycles. The van der Waals surface area contributed by atoms with Gasteiger partial charge in [0.25, 0.3) is 5.82 Å². The maximum atomic E-state index is 12.6. The second-order valence-corrected chi connectivity index (χ2v) is 4.90. The van der Waals surface area contributed by atoms with Gasteiger partial charge in [0, 0.05) is 0 Å². The van der Waals surface area contributed by atoms with Crippen LogP contribution in [-0.4, -0.2) is 14.8 Å². The SMILES string of the molecule is Cc1cc(C(C)C)ccc1-n1nc(C(F)(F)F)nc1N. The van der Waals surface area contributed by atoms with Crippen LogP contribution in [-0.2, 0) is 6.18 Å². The third kappa shape index (κ3) is 2.61. The average molecular weight is 284 g/mol. The predicted octanol–water partition coefficient (Wildman–Crippen LogP) is 3.30. The van der Waals surface area contributed by atoms with Gasteiger partial charge >= 0.3 is 6.18 Å². The summed E-state index contributed by atoms with van der Waals surface area (Å²) in [4.78, 5) is 3.26. The van der Waals surface area contributed by atoms with E-state index in [2.05, 4.69) is 10.1 Å². The van der Waals surface area contributed by atoms with Crippen molar-refractivity contribution < 1.29 is 13.2 Å². The fourth-order valence-corrected chi connectivity index (χ4v) is 1.90. The lowest BCUT2D eigenvalue weighted by Gasteiger charge is -2.11. The maximum Gasteiger partial charge on any atom is 0.453 e. The van der Waals surface area contributed by atoms with Crippen LogP contribution in [0.1, 0.15) is 36.7 Å². The molecule has 7 heteroatoms. The fourth-order valence-electron chi connectivity index (χ4n) is 1.90. The second-order valence-electron chi connectivity index (χ2n) is 4.90. The molecule has 0 amide bonds. The number of nitrogen functional groups attached to an aromatic ring is 1. The van der Waals surface area contributed by atoms with Gasteiger partial charge in [-0.3, -0.25) is 0 Å². The van der Waals surface area contributed by atoms with Crippen molar-refractivity contribution in [2.75, 3.05) is 5.73 Å². The molecule has 1 aromatic heterocycles. The van der Waals surface area contributed by atoms with E-state index in [0.717, 1.165) is 15.8 Å². The average Bonchev–Trinajstić information content (AvgIpc) is 2.71. The summed E-state index contributed by atoms with van der Waals surface area (Å²) in [5, 5.41) is 3.44. The Hall–Kier alpha value is -2.05. The van der Waals surface area contributed by atoms with E-state index in [9.17, 15) is 13.2 Å². The van der Waals surface area contributed by atoms with E-state index < -0.39 is 12.0 Å². The molecule has 108 valence electrons. The molecule has 0 aliphatic carbocycles. The highest BCUT2D eigenvalue weighted by atomic mass is 19.4. The number of rotatable bonds is 2. The number of halogens is 3. The van der Waals surface area contributed by atoms with Gasteiger partial charge in [0.05, 0.1) is 5.69 Å². The first kappa shape index (κ1) is 14.4. The summed E-state index contributed by atoms with van der Waals surface area (Å²) in [7, 11) is 0. The minimum Gasteiger partial charge on any atom is -0.368 e. The molecule has 0 radical (unpaired) electrons. The molecule has 2 N–H and O–H groups in total. The van der Waals surface area contributed by atoms with Gasteiger partial charge in [-0.15, -0.1) is 5.10 Å². The van der Waals surface area contributed by atoms with E-state index in [1.807, 2.05) is 26.0 Å². The monoisotopic (exact) mass is 284 g/mol. The van der Waals surface area contributed by atoms with Crippen molar-refractivity contribution in [2.45, 2.75) is 32.9 Å². The van der Waals surface area contributed by atoms with Crippen molar-refractivity contribution in [2.24, 2.45) is 0 Å². The molecule has 4 nitrogen and oxygen atoms in total. The van der Waals surface area contributed by atoms with Gasteiger partial charge in [-0.1, -0.05) is 26.0 Å². The summed E-state index contributed by atoms with van der Waals surface area (Å²) in [6.45, 7) is 5.88. The second kappa shape index (κ2) is 4.81. The van der Waals surface area contributed by atoms with Crippen molar-refractivity contribution in [3.63, 3.8) is 0 Å². The number of alkyl halides is 3. The molecular weight excluding hydrogens is 269 g/mol. The molecule has 0 fully saturated rings. The van der Waals surface area contributed by atoms with Gasteiger partial charge in [0.2, 0.25) is 5.95 Å². The molecular formula is C13H15F3N4. The topological polar surface area (TPSA) is 56.7 Å². The summed E-state index contributed by atoms with van der Waals surface area (Å²) in [6, 6.07) is 5.46. The normalized spacial score (nSPS) is 12.2. The minimum absolute atomic E-state index is 0.280. The Morgan fingerprint density at radius 1 is 1.25 bits per heavy atom. The Morgan fingerprint density at radius 2 is 1.90 bits per heavy atom. The summed E-state index contributed by atoms with van der Waals surface area (Å²) in [5.74, 6) is -1.18. The van der Waals surface area contributed by atoms with E-state index in [-0.39, 0.29) is 5.95 Å². The number of anilines is 1. The van der Waals surface area contributed by atoms with Crippen LogP contribution in [0.5, 0.6) is 0 Å². The van der Waals surface area contributed by atoms with Gasteiger partial charge in [0.1, 0.15) is 0 Å². The van der Waals surface area contributed by atoms with E-state index in [4.69, 9.17) is 5.73 Å². The zero-order valence-electron chi connectivity index (χ0n) is 11.4. The van der Waals surface area contributed by atoms with Crippen molar-refractivity contribution in [1.29, 1.82) is 0 Å². The van der Waals surface area contributed by atoms with Crippen LogP contribution in [0.15, 0.2) is 18.2 Å². The first-order valence-electron chi connectivity index (χ1n) is 6.11. The van der Waals surface area contributed by atoms with Crippen molar-refractivity contribution >= 4 is 5.95 Å². The Kier molecular flexibility index (Phi) is 3.45. The molecule has 0 aliphatic heterocycles. The van der Waals surface area contributed by atoms with E-state index >= 15 is 0 Å². The third-order valence-electron chi connectivity index (χ3n) is 3.00. The molecule has 0 bridgehead atoms. The molecule has 1 aromatic carbocycles. The number of aromatic nitrogens is 3. The lowest BCUT2D eigenvalue weighted by atomic mass is 10.0. The van der Waals surface area contributed by atoms with Gasteiger partial charge in [-0.05, 0) is 30.0 Å². The largest absolute Gasteiger partial charge is 0.453 e. The highest BCUT2D eigenvalue weighted by Crippen LogP contribution is 2.29. The van der Waals surface area contributed by atoms with E-state index in [1.54, 1.807) is 13.0 Å². The molecule has 20 heavy (non-hydrogen) atoms. The Balaban J connectivity index is 2.50. The zero-order chi connectivity index (χ0) is 15.1. The predicted molar refractivity (Wildman–Crippen MR) is 69.6 cm³/mol. The van der Waals surface area contributed by atoms with Crippen LogP contribution in [0.4, 0.5) is 19.1 Å². The maximum absolute atomic E-state index is 12.6. The number of hydrogen-bond donors (Lipinski definition) is 1. The molecule has 2 rings (SSSR count). The molecule has 0 atom stereocenters. The number of benzene rings is 1. The fraction of sp³-hybridized carbons (Fsp3) is 0.385. The zero-order valence-corrected chi connectivity index (χ0v) is 11.4. The van der Waals surface area contributed by atoms with E-state index in [1.165, 1.54) is 0 Å². The number of nitrogens with two attached hydrogens (primary N) is 1. The molecule has 1 heterocycles. The molecule has 0 unspecified atom stereocenters. The van der Waals surface area contributed by atoms with Crippen LogP contribution in [0.25, 0.3) is 5.69 Å². The lowest BCUT2D eigenvalue weighted by Crippen LogP contribution is -2.09. The summed E-state index contributed by atoms with van der Waals surface area (Å²) < 4.78 is 38.7.